The summed E-state index contributed by atoms with van der Waals surface area (Å²) in [6.45, 7) is 6.92. The van der Waals surface area contributed by atoms with Crippen molar-refractivity contribution in [3.63, 3.8) is 0 Å². The quantitative estimate of drug-likeness (QED) is 0.417. The summed E-state index contributed by atoms with van der Waals surface area (Å²) in [5, 5.41) is 2.69. The van der Waals surface area contributed by atoms with E-state index >= 15 is 4.39 Å². The first kappa shape index (κ1) is 27.0. The summed E-state index contributed by atoms with van der Waals surface area (Å²) in [7, 11) is 0.579. The second-order valence-corrected chi connectivity index (χ2v) is 11.6. The molecule has 200 valence electrons. The first-order valence-electron chi connectivity index (χ1n) is 12.2. The van der Waals surface area contributed by atoms with E-state index in [-0.39, 0.29) is 17.1 Å². The molecule has 37 heavy (non-hydrogen) atoms. The lowest BCUT2D eigenvalue weighted by atomic mass is 10.2. The van der Waals surface area contributed by atoms with Crippen molar-refractivity contribution in [3.8, 4) is 0 Å². The highest BCUT2D eigenvalue weighted by Gasteiger charge is 2.22. The van der Waals surface area contributed by atoms with Gasteiger partial charge in [0.1, 0.15) is 28.9 Å². The molecule has 13 heteroatoms. The van der Waals surface area contributed by atoms with Gasteiger partial charge in [0.15, 0.2) is 21.5 Å². The number of rotatable bonds is 10. The Morgan fingerprint density at radius 2 is 1.84 bits per heavy atom. The Morgan fingerprint density at radius 1 is 1.08 bits per heavy atom. The Balaban J connectivity index is 1.58. The lowest BCUT2D eigenvalue weighted by molar-refractivity contribution is 0.229. The van der Waals surface area contributed by atoms with E-state index in [9.17, 15) is 12.8 Å². The number of nitrogens with zero attached hydrogens (tertiary/aromatic N) is 7. The molecule has 1 aliphatic rings. The molecule has 3 aromatic rings. The van der Waals surface area contributed by atoms with Crippen LogP contribution in [-0.2, 0) is 15.6 Å². The average Bonchev–Trinajstić information content (AvgIpc) is 2.87. The zero-order chi connectivity index (χ0) is 26.6. The van der Waals surface area contributed by atoms with Gasteiger partial charge < -0.3 is 15.1 Å². The van der Waals surface area contributed by atoms with Gasteiger partial charge in [-0.25, -0.2) is 37.1 Å². The fraction of sp³-hybridized carbons (Fsp3) is 0.500. The van der Waals surface area contributed by atoms with Gasteiger partial charge in [-0.1, -0.05) is 13.0 Å². The fourth-order valence-corrected chi connectivity index (χ4v) is 5.62. The summed E-state index contributed by atoms with van der Waals surface area (Å²) in [4.78, 5) is 24.0. The summed E-state index contributed by atoms with van der Waals surface area (Å²) in [6.07, 6.45) is 3.22. The fourth-order valence-electron chi connectivity index (χ4n) is 4.16. The molecule has 0 aliphatic carbocycles. The predicted molar refractivity (Wildman–Crippen MR) is 140 cm³/mol. The van der Waals surface area contributed by atoms with E-state index < -0.39 is 32.9 Å². The zero-order valence-electron chi connectivity index (χ0n) is 21.3. The largest absolute Gasteiger partial charge is 0.338 e. The minimum absolute atomic E-state index is 0.0767. The maximum Gasteiger partial charge on any atom is 0.226 e. The van der Waals surface area contributed by atoms with Crippen LogP contribution in [0.2, 0.25) is 0 Å². The molecule has 0 atom stereocenters. The molecule has 0 unspecified atom stereocenters. The number of likely N-dealkylation sites (N-methyl/N-ethyl adjacent to an activating group) is 1. The molecule has 0 spiro atoms. The highest BCUT2D eigenvalue weighted by molar-refractivity contribution is 7.90. The van der Waals surface area contributed by atoms with E-state index in [4.69, 9.17) is 0 Å². The van der Waals surface area contributed by atoms with Gasteiger partial charge in [0.05, 0.1) is 17.7 Å². The highest BCUT2D eigenvalue weighted by Crippen LogP contribution is 2.29. The van der Waals surface area contributed by atoms with Crippen molar-refractivity contribution in [1.82, 2.24) is 29.7 Å². The summed E-state index contributed by atoms with van der Waals surface area (Å²) in [6, 6.07) is 2.20. The van der Waals surface area contributed by atoms with Gasteiger partial charge in [-0.2, -0.15) is 0 Å². The van der Waals surface area contributed by atoms with E-state index in [1.165, 1.54) is 6.33 Å². The van der Waals surface area contributed by atoms with Gasteiger partial charge in [0, 0.05) is 44.8 Å². The standard InChI is InChI=1S/C24H32F2N8O2S/c1-4-13-37(35,36)15-17-5-6-18(25)21(20(17)26)30-23-22-19(28-16-29-23)14-27-24(31-22)34-11-9-33(10-12-34)8-7-32(2)3/h5-6,14,16H,4,7-13,15H2,1-3H3,(H,28,29,30). The number of hydrogen-bond acceptors (Lipinski definition) is 10. The highest BCUT2D eigenvalue weighted by atomic mass is 32.2. The summed E-state index contributed by atoms with van der Waals surface area (Å²) < 4.78 is 54.4. The summed E-state index contributed by atoms with van der Waals surface area (Å²) >= 11 is 0. The Kier molecular flexibility index (Phi) is 8.45. The third-order valence-corrected chi connectivity index (χ3v) is 7.97. The van der Waals surface area contributed by atoms with Gasteiger partial charge in [-0.05, 0) is 26.6 Å². The van der Waals surface area contributed by atoms with Crippen molar-refractivity contribution < 1.29 is 17.2 Å². The molecular formula is C24H32F2N8O2S. The van der Waals surface area contributed by atoms with Crippen LogP contribution in [0.3, 0.4) is 0 Å². The molecule has 0 saturated carbocycles. The third-order valence-electron chi connectivity index (χ3n) is 6.19. The van der Waals surface area contributed by atoms with Crippen molar-refractivity contribution >= 4 is 38.3 Å². The maximum absolute atomic E-state index is 15.3. The van der Waals surface area contributed by atoms with Crippen LogP contribution >= 0.6 is 0 Å². The van der Waals surface area contributed by atoms with Crippen LogP contribution in [0.5, 0.6) is 0 Å². The Morgan fingerprint density at radius 3 is 2.54 bits per heavy atom. The molecule has 0 radical (unpaired) electrons. The van der Waals surface area contributed by atoms with Gasteiger partial charge in [-0.15, -0.1) is 0 Å². The monoisotopic (exact) mass is 534 g/mol. The number of piperazine rings is 1. The topological polar surface area (TPSA) is 107 Å². The molecule has 3 heterocycles. The van der Waals surface area contributed by atoms with Crippen LogP contribution in [0.4, 0.5) is 26.2 Å². The molecule has 1 aliphatic heterocycles. The molecule has 1 aromatic carbocycles. The maximum atomic E-state index is 15.3. The number of hydrogen-bond donors (Lipinski definition) is 1. The van der Waals surface area contributed by atoms with E-state index in [0.29, 0.717) is 23.4 Å². The molecule has 10 nitrogen and oxygen atoms in total. The molecule has 1 N–H and O–H groups in total. The number of aromatic nitrogens is 4. The van der Waals surface area contributed by atoms with Crippen LogP contribution in [0.15, 0.2) is 24.7 Å². The van der Waals surface area contributed by atoms with Gasteiger partial charge >= 0.3 is 0 Å². The second kappa shape index (κ2) is 11.6. The van der Waals surface area contributed by atoms with Crippen molar-refractivity contribution in [2.45, 2.75) is 19.1 Å². The molecule has 2 aromatic heterocycles. The van der Waals surface area contributed by atoms with Gasteiger partial charge in [0.2, 0.25) is 5.95 Å². The van der Waals surface area contributed by atoms with E-state index in [0.717, 1.165) is 51.4 Å². The van der Waals surface area contributed by atoms with Gasteiger partial charge in [0.25, 0.3) is 0 Å². The minimum Gasteiger partial charge on any atom is -0.338 e. The molecule has 0 bridgehead atoms. The number of sulfone groups is 1. The molecular weight excluding hydrogens is 502 g/mol. The molecule has 1 saturated heterocycles. The van der Waals surface area contributed by atoms with Gasteiger partial charge in [-0.3, -0.25) is 4.90 Å². The lowest BCUT2D eigenvalue weighted by Crippen LogP contribution is -2.48. The predicted octanol–water partition coefficient (Wildman–Crippen LogP) is 2.45. The summed E-state index contributed by atoms with van der Waals surface area (Å²) in [5.74, 6) is -1.85. The smallest absolute Gasteiger partial charge is 0.226 e. The zero-order valence-corrected chi connectivity index (χ0v) is 22.1. The Bertz CT molecular complexity index is 1350. The SMILES string of the molecule is CCCS(=O)(=O)Cc1ccc(F)c(Nc2ncnc3cnc(N4CCN(CCN(C)C)CC4)nc23)c1F. The molecule has 0 amide bonds. The van der Waals surface area contributed by atoms with Crippen LogP contribution in [0.1, 0.15) is 18.9 Å². The average molecular weight is 535 g/mol. The van der Waals surface area contributed by atoms with Crippen LogP contribution in [0.25, 0.3) is 11.0 Å². The van der Waals surface area contributed by atoms with Crippen molar-refractivity contribution in [3.05, 3.63) is 41.9 Å². The van der Waals surface area contributed by atoms with Crippen LogP contribution in [-0.4, -0.2) is 97.3 Å². The molecule has 4 rings (SSSR count). The number of fused-ring (bicyclic) bond motifs is 1. The number of benzene rings is 1. The number of halogens is 2. The van der Waals surface area contributed by atoms with Crippen LogP contribution in [0, 0.1) is 11.6 Å². The molecule has 1 fully saturated rings. The number of anilines is 3. The van der Waals surface area contributed by atoms with Crippen LogP contribution < -0.4 is 10.2 Å². The van der Waals surface area contributed by atoms with Crippen molar-refractivity contribution in [2.75, 3.05) is 69.3 Å². The van der Waals surface area contributed by atoms with Crippen molar-refractivity contribution in [1.29, 1.82) is 0 Å². The Hall–Kier alpha value is -3.03. The summed E-state index contributed by atoms with van der Waals surface area (Å²) in [5.41, 5.74) is 0.121. The van der Waals surface area contributed by atoms with Crippen molar-refractivity contribution in [2.24, 2.45) is 0 Å². The first-order valence-corrected chi connectivity index (χ1v) is 14.0. The second-order valence-electron chi connectivity index (χ2n) is 9.37. The van der Waals surface area contributed by atoms with E-state index in [1.54, 1.807) is 13.1 Å². The van der Waals surface area contributed by atoms with E-state index in [1.807, 2.05) is 0 Å². The number of nitrogens with one attached hydrogen (secondary N) is 1. The first-order chi connectivity index (χ1) is 17.7. The normalized spacial score (nSPS) is 15.0. The lowest BCUT2D eigenvalue weighted by Gasteiger charge is -2.35. The Labute approximate surface area is 215 Å². The minimum atomic E-state index is -3.52. The third kappa shape index (κ3) is 6.65. The van der Waals surface area contributed by atoms with E-state index in [2.05, 4.69) is 54.0 Å².